The van der Waals surface area contributed by atoms with Crippen molar-refractivity contribution in [3.05, 3.63) is 46.1 Å². The van der Waals surface area contributed by atoms with Crippen LogP contribution in [0.2, 0.25) is 0 Å². The molecule has 2 aliphatic carbocycles. The second-order valence-corrected chi connectivity index (χ2v) is 5.14. The van der Waals surface area contributed by atoms with E-state index in [1.54, 1.807) is 0 Å². The molecular weight excluding hydrogens is 372 g/mol. The Hall–Kier alpha value is -0.391. The molecule has 0 aromatic carbocycles. The van der Waals surface area contributed by atoms with E-state index >= 15 is 0 Å². The molecule has 0 spiro atoms. The average Bonchev–Trinajstić information content (AvgIpc) is 2.65. The molecule has 0 unspecified atom stereocenters. The molecule has 16 heavy (non-hydrogen) atoms. The van der Waals surface area contributed by atoms with Crippen molar-refractivity contribution in [1.82, 2.24) is 0 Å². The molecule has 0 aliphatic heterocycles. The van der Waals surface area contributed by atoms with E-state index in [1.807, 2.05) is 0 Å². The Morgan fingerprint density at radius 3 is 2.19 bits per heavy atom. The van der Waals surface area contributed by atoms with Gasteiger partial charge >= 0.3 is 0 Å². The van der Waals surface area contributed by atoms with Crippen LogP contribution < -0.4 is 0 Å². The van der Waals surface area contributed by atoms with Gasteiger partial charge in [0.1, 0.15) is 0 Å². The van der Waals surface area contributed by atoms with Gasteiger partial charge in [-0.1, -0.05) is 58.6 Å². The summed E-state index contributed by atoms with van der Waals surface area (Å²) in [7, 11) is 0. The van der Waals surface area contributed by atoms with Crippen LogP contribution in [0.15, 0.2) is 40.0 Å². The predicted molar refractivity (Wildman–Crippen MR) is 65.4 cm³/mol. The van der Waals surface area contributed by atoms with Crippen molar-refractivity contribution >= 4 is 0 Å². The zero-order chi connectivity index (χ0) is 11.2. The van der Waals surface area contributed by atoms with Crippen LogP contribution in [0.25, 0.3) is 0 Å². The minimum atomic E-state index is 0. The number of hydrogen-bond donors (Lipinski definition) is 0. The van der Waals surface area contributed by atoms with Gasteiger partial charge in [-0.2, -0.15) is 17.2 Å². The Labute approximate surface area is 113 Å². The molecule has 0 aromatic heterocycles. The van der Waals surface area contributed by atoms with Crippen LogP contribution >= 0.6 is 0 Å². The van der Waals surface area contributed by atoms with E-state index in [0.717, 1.165) is 6.42 Å². The van der Waals surface area contributed by atoms with Gasteiger partial charge in [-0.15, -0.1) is 16.7 Å². The van der Waals surface area contributed by atoms with Gasteiger partial charge in [0.05, 0.1) is 0 Å². The molecule has 0 heterocycles. The zero-order valence-electron chi connectivity index (χ0n) is 10.7. The van der Waals surface area contributed by atoms with Crippen LogP contribution in [0.4, 0.5) is 0 Å². The molecule has 0 saturated carbocycles. The summed E-state index contributed by atoms with van der Waals surface area (Å²) >= 11 is 0. The molecule has 0 bridgehead atoms. The maximum absolute atomic E-state index is 3.65. The molecule has 0 amide bonds. The third-order valence-electron chi connectivity index (χ3n) is 3.78. The minimum Gasteiger partial charge on any atom is -0.191 e. The van der Waals surface area contributed by atoms with E-state index in [1.165, 1.54) is 27.9 Å². The molecule has 89 valence electrons. The quantitative estimate of drug-likeness (QED) is 0.583. The standard InChI is InChI=1S/C15H19.Ir/c1-10-7-6-8-13(10)14-9-15(4,5)12(3)11(14)2;/h6-7H,8H2,1-5H3;/q-1;. The Morgan fingerprint density at radius 2 is 1.81 bits per heavy atom. The zero-order valence-corrected chi connectivity index (χ0v) is 13.1. The molecule has 0 aromatic rings. The predicted octanol–water partition coefficient (Wildman–Crippen LogP) is 4.37. The normalized spacial score (nSPS) is 22.7. The van der Waals surface area contributed by atoms with Gasteiger partial charge in [0.15, 0.2) is 0 Å². The summed E-state index contributed by atoms with van der Waals surface area (Å²) in [6.45, 7) is 11.1. The van der Waals surface area contributed by atoms with Crippen LogP contribution in [-0.4, -0.2) is 0 Å². The van der Waals surface area contributed by atoms with Crippen molar-refractivity contribution < 1.29 is 20.1 Å². The maximum Gasteiger partial charge on any atom is 0 e. The first-order chi connectivity index (χ1) is 6.93. The second-order valence-electron chi connectivity index (χ2n) is 5.14. The van der Waals surface area contributed by atoms with Crippen LogP contribution in [0.5, 0.6) is 0 Å². The Balaban J connectivity index is 0.00000128. The molecule has 2 rings (SSSR count). The van der Waals surface area contributed by atoms with E-state index < -0.39 is 0 Å². The maximum atomic E-state index is 3.65. The minimum absolute atomic E-state index is 0. The first-order valence-electron chi connectivity index (χ1n) is 5.63. The van der Waals surface area contributed by atoms with E-state index in [-0.39, 0.29) is 25.5 Å². The number of rotatable bonds is 1. The summed E-state index contributed by atoms with van der Waals surface area (Å²) in [5.74, 6) is 0. The van der Waals surface area contributed by atoms with Gasteiger partial charge in [0.25, 0.3) is 0 Å². The van der Waals surface area contributed by atoms with Crippen molar-refractivity contribution in [1.29, 1.82) is 0 Å². The van der Waals surface area contributed by atoms with Gasteiger partial charge in [0, 0.05) is 20.1 Å². The monoisotopic (exact) mass is 392 g/mol. The summed E-state index contributed by atoms with van der Waals surface area (Å²) in [4.78, 5) is 0. The summed E-state index contributed by atoms with van der Waals surface area (Å²) in [6, 6.07) is 0. The van der Waals surface area contributed by atoms with Gasteiger partial charge < -0.3 is 0 Å². The van der Waals surface area contributed by atoms with Crippen molar-refractivity contribution in [2.75, 3.05) is 0 Å². The summed E-state index contributed by atoms with van der Waals surface area (Å²) < 4.78 is 0. The Bertz CT molecular complexity index is 428. The van der Waals surface area contributed by atoms with Crippen molar-refractivity contribution in [3.8, 4) is 0 Å². The fourth-order valence-corrected chi connectivity index (χ4v) is 2.37. The molecule has 0 nitrogen and oxygen atoms in total. The summed E-state index contributed by atoms with van der Waals surface area (Å²) in [5, 5.41) is 0. The summed E-state index contributed by atoms with van der Waals surface area (Å²) in [5.41, 5.74) is 7.25. The van der Waals surface area contributed by atoms with Crippen LogP contribution in [0.1, 0.15) is 41.0 Å². The van der Waals surface area contributed by atoms with Crippen LogP contribution in [0.3, 0.4) is 0 Å². The smallest absolute Gasteiger partial charge is 0 e. The van der Waals surface area contributed by atoms with Crippen molar-refractivity contribution in [2.24, 2.45) is 5.41 Å². The molecule has 0 saturated heterocycles. The Kier molecular flexibility index (Phi) is 3.82. The number of hydrogen-bond acceptors (Lipinski definition) is 0. The Morgan fingerprint density at radius 1 is 1.19 bits per heavy atom. The third-order valence-corrected chi connectivity index (χ3v) is 3.78. The first kappa shape index (κ1) is 13.7. The van der Waals surface area contributed by atoms with Crippen molar-refractivity contribution in [2.45, 2.75) is 41.0 Å². The fourth-order valence-electron chi connectivity index (χ4n) is 2.37. The van der Waals surface area contributed by atoms with E-state index in [2.05, 4.69) is 52.8 Å². The van der Waals surface area contributed by atoms with Gasteiger partial charge in [-0.05, 0) is 0 Å². The SMILES string of the molecule is CC1=C(C2=[C-]C(C)(C)C(C)=C2C)CC=C1.[Ir]. The van der Waals surface area contributed by atoms with E-state index in [9.17, 15) is 0 Å². The van der Waals surface area contributed by atoms with E-state index in [4.69, 9.17) is 0 Å². The molecule has 2 aliphatic rings. The van der Waals surface area contributed by atoms with Gasteiger partial charge in [-0.25, -0.2) is 0 Å². The average molecular weight is 392 g/mol. The van der Waals surface area contributed by atoms with Crippen LogP contribution in [-0.2, 0) is 20.1 Å². The van der Waals surface area contributed by atoms with Gasteiger partial charge in [-0.3, -0.25) is 0 Å². The van der Waals surface area contributed by atoms with Gasteiger partial charge in [0.2, 0.25) is 0 Å². The molecular formula is C15H19Ir-. The molecule has 0 fully saturated rings. The molecule has 1 radical (unpaired) electrons. The third kappa shape index (κ3) is 2.03. The second kappa shape index (κ2) is 4.47. The fraction of sp³-hybridized carbons (Fsp3) is 0.467. The first-order valence-corrected chi connectivity index (χ1v) is 5.63. The molecule has 0 N–H and O–H groups in total. The summed E-state index contributed by atoms with van der Waals surface area (Å²) in [6.07, 6.45) is 9.19. The largest absolute Gasteiger partial charge is 0.191 e. The van der Waals surface area contributed by atoms with E-state index in [0.29, 0.717) is 0 Å². The van der Waals surface area contributed by atoms with Crippen LogP contribution in [0, 0.1) is 11.5 Å². The number of allylic oxidation sites excluding steroid dienone is 8. The molecule has 1 heteroatoms. The van der Waals surface area contributed by atoms with Crippen molar-refractivity contribution in [3.63, 3.8) is 0 Å². The topological polar surface area (TPSA) is 0 Å². The molecule has 0 atom stereocenters.